The van der Waals surface area contributed by atoms with Gasteiger partial charge in [0, 0.05) is 29.1 Å². The highest BCUT2D eigenvalue weighted by molar-refractivity contribution is 7.11. The number of hydrogen-bond acceptors (Lipinski definition) is 3. The van der Waals surface area contributed by atoms with E-state index in [1.807, 2.05) is 13.0 Å². The Labute approximate surface area is 119 Å². The summed E-state index contributed by atoms with van der Waals surface area (Å²) in [6.45, 7) is 5.45. The van der Waals surface area contributed by atoms with Crippen molar-refractivity contribution in [1.82, 2.24) is 15.2 Å². The van der Waals surface area contributed by atoms with Crippen molar-refractivity contribution in [2.75, 3.05) is 0 Å². The Morgan fingerprint density at radius 3 is 2.45 bits per heavy atom. The van der Waals surface area contributed by atoms with Crippen LogP contribution in [0.1, 0.15) is 53.9 Å². The summed E-state index contributed by atoms with van der Waals surface area (Å²) in [5, 5.41) is 7.21. The zero-order valence-electron chi connectivity index (χ0n) is 11.5. The minimum absolute atomic E-state index is 0.0599. The Hall–Kier alpha value is -1.37. The zero-order valence-corrected chi connectivity index (χ0v) is 12.3. The first-order valence-corrected chi connectivity index (χ1v) is 7.16. The van der Waals surface area contributed by atoms with Crippen molar-refractivity contribution < 1.29 is 13.2 Å². The van der Waals surface area contributed by atoms with Gasteiger partial charge in [-0.2, -0.15) is 18.3 Å². The largest absolute Gasteiger partial charge is 0.434 e. The van der Waals surface area contributed by atoms with Crippen LogP contribution in [0.15, 0.2) is 12.3 Å². The summed E-state index contributed by atoms with van der Waals surface area (Å²) >= 11 is 1.15. The SMILES string of the molecule is CC(C)c1sc(CC(C)c2ccn[nH]2)nc1C(F)(F)F. The first-order valence-electron chi connectivity index (χ1n) is 6.35. The lowest BCUT2D eigenvalue weighted by atomic mass is 10.1. The summed E-state index contributed by atoms with van der Waals surface area (Å²) < 4.78 is 38.9. The minimum atomic E-state index is -4.38. The first-order chi connectivity index (χ1) is 9.29. The maximum Gasteiger partial charge on any atom is 0.434 e. The molecule has 0 aromatic carbocycles. The number of alkyl halides is 3. The van der Waals surface area contributed by atoms with Crippen LogP contribution < -0.4 is 0 Å². The van der Waals surface area contributed by atoms with Gasteiger partial charge < -0.3 is 0 Å². The minimum Gasteiger partial charge on any atom is -0.282 e. The van der Waals surface area contributed by atoms with E-state index in [1.54, 1.807) is 20.0 Å². The lowest BCUT2D eigenvalue weighted by molar-refractivity contribution is -0.141. The molecular formula is C13H16F3N3S. The maximum atomic E-state index is 13.0. The van der Waals surface area contributed by atoms with Crippen molar-refractivity contribution in [1.29, 1.82) is 0 Å². The number of aromatic nitrogens is 3. The molecule has 2 rings (SSSR count). The Balaban J connectivity index is 2.25. The molecule has 0 saturated carbocycles. The van der Waals surface area contributed by atoms with E-state index in [0.717, 1.165) is 17.0 Å². The van der Waals surface area contributed by atoms with E-state index in [1.165, 1.54) is 0 Å². The number of nitrogens with zero attached hydrogens (tertiary/aromatic N) is 2. The van der Waals surface area contributed by atoms with Gasteiger partial charge in [-0.1, -0.05) is 20.8 Å². The van der Waals surface area contributed by atoms with Gasteiger partial charge in [0.25, 0.3) is 0 Å². The van der Waals surface area contributed by atoms with Crippen LogP contribution in [0.5, 0.6) is 0 Å². The van der Waals surface area contributed by atoms with Gasteiger partial charge in [-0.3, -0.25) is 5.10 Å². The third-order valence-corrected chi connectivity index (χ3v) is 4.40. The third-order valence-electron chi connectivity index (χ3n) is 3.02. The van der Waals surface area contributed by atoms with Crippen LogP contribution >= 0.6 is 11.3 Å². The fraction of sp³-hybridized carbons (Fsp3) is 0.538. The number of thiazole rings is 1. The fourth-order valence-electron chi connectivity index (χ4n) is 1.97. The molecule has 1 N–H and O–H groups in total. The molecule has 0 spiro atoms. The molecule has 1 atom stereocenters. The summed E-state index contributed by atoms with van der Waals surface area (Å²) in [5.41, 5.74) is 0.171. The number of hydrogen-bond donors (Lipinski definition) is 1. The Morgan fingerprint density at radius 1 is 1.30 bits per heavy atom. The average Bonchev–Trinajstić information content (AvgIpc) is 2.96. The smallest absolute Gasteiger partial charge is 0.282 e. The van der Waals surface area contributed by atoms with E-state index in [9.17, 15) is 13.2 Å². The molecule has 0 aliphatic rings. The standard InChI is InChI=1S/C13H16F3N3S/c1-7(2)11-12(13(14,15)16)18-10(20-11)6-8(3)9-4-5-17-19-9/h4-5,7-8H,6H2,1-3H3,(H,17,19). The van der Waals surface area contributed by atoms with Crippen LogP contribution in [0, 0.1) is 0 Å². The quantitative estimate of drug-likeness (QED) is 0.912. The molecular weight excluding hydrogens is 287 g/mol. The van der Waals surface area contributed by atoms with Crippen LogP contribution in [-0.2, 0) is 12.6 Å². The normalized spacial score (nSPS) is 13.9. The van der Waals surface area contributed by atoms with Crippen LogP contribution in [0.2, 0.25) is 0 Å². The Kier molecular flexibility index (Phi) is 4.17. The van der Waals surface area contributed by atoms with Crippen molar-refractivity contribution in [2.24, 2.45) is 0 Å². The number of rotatable bonds is 4. The molecule has 2 aromatic heterocycles. The molecule has 0 aliphatic heterocycles. The summed E-state index contributed by atoms with van der Waals surface area (Å²) in [6.07, 6.45) is -2.28. The van der Waals surface area contributed by atoms with Crippen molar-refractivity contribution in [2.45, 2.75) is 45.2 Å². The van der Waals surface area contributed by atoms with Gasteiger partial charge >= 0.3 is 6.18 Å². The van der Waals surface area contributed by atoms with Gasteiger partial charge in [0.1, 0.15) is 0 Å². The molecule has 1 unspecified atom stereocenters. The molecule has 20 heavy (non-hydrogen) atoms. The second-order valence-corrected chi connectivity index (χ2v) is 6.21. The second-order valence-electron chi connectivity index (χ2n) is 5.09. The van der Waals surface area contributed by atoms with Gasteiger partial charge in [-0.15, -0.1) is 11.3 Å². The number of aromatic amines is 1. The van der Waals surface area contributed by atoms with E-state index < -0.39 is 11.9 Å². The summed E-state index contributed by atoms with van der Waals surface area (Å²) in [6, 6.07) is 1.83. The number of H-pyrrole nitrogens is 1. The van der Waals surface area contributed by atoms with E-state index in [2.05, 4.69) is 15.2 Å². The average molecular weight is 303 g/mol. The molecule has 0 radical (unpaired) electrons. The van der Waals surface area contributed by atoms with Crippen LogP contribution in [0.3, 0.4) is 0 Å². The van der Waals surface area contributed by atoms with Crippen molar-refractivity contribution in [3.05, 3.63) is 33.5 Å². The molecule has 0 amide bonds. The molecule has 110 valence electrons. The summed E-state index contributed by atoms with van der Waals surface area (Å²) in [5.74, 6) is -0.120. The van der Waals surface area contributed by atoms with Crippen molar-refractivity contribution in [3.8, 4) is 0 Å². The monoisotopic (exact) mass is 303 g/mol. The van der Waals surface area contributed by atoms with E-state index in [0.29, 0.717) is 16.3 Å². The maximum absolute atomic E-state index is 13.0. The molecule has 2 aromatic rings. The molecule has 3 nitrogen and oxygen atoms in total. The van der Waals surface area contributed by atoms with E-state index in [-0.39, 0.29) is 11.8 Å². The predicted octanol–water partition coefficient (Wildman–Crippen LogP) is 4.35. The highest BCUT2D eigenvalue weighted by Crippen LogP contribution is 2.38. The molecule has 0 fully saturated rings. The predicted molar refractivity (Wildman–Crippen MR) is 71.9 cm³/mol. The van der Waals surface area contributed by atoms with Gasteiger partial charge in [0.2, 0.25) is 0 Å². The first kappa shape index (κ1) is 15.0. The van der Waals surface area contributed by atoms with Gasteiger partial charge in [0.15, 0.2) is 5.69 Å². The molecule has 0 aliphatic carbocycles. The molecule has 7 heteroatoms. The van der Waals surface area contributed by atoms with E-state index in [4.69, 9.17) is 0 Å². The third kappa shape index (κ3) is 3.20. The number of halogens is 3. The second kappa shape index (κ2) is 5.55. The van der Waals surface area contributed by atoms with Crippen molar-refractivity contribution >= 4 is 11.3 Å². The summed E-state index contributed by atoms with van der Waals surface area (Å²) in [7, 11) is 0. The molecule has 0 bridgehead atoms. The van der Waals surface area contributed by atoms with Gasteiger partial charge in [0.05, 0.1) is 5.01 Å². The van der Waals surface area contributed by atoms with Crippen LogP contribution in [-0.4, -0.2) is 15.2 Å². The summed E-state index contributed by atoms with van der Waals surface area (Å²) in [4.78, 5) is 4.12. The highest BCUT2D eigenvalue weighted by atomic mass is 32.1. The fourth-order valence-corrected chi connectivity index (χ4v) is 3.19. The van der Waals surface area contributed by atoms with Crippen LogP contribution in [0.4, 0.5) is 13.2 Å². The van der Waals surface area contributed by atoms with E-state index >= 15 is 0 Å². The Morgan fingerprint density at radius 2 is 2.00 bits per heavy atom. The van der Waals surface area contributed by atoms with Crippen molar-refractivity contribution in [3.63, 3.8) is 0 Å². The topological polar surface area (TPSA) is 41.6 Å². The Bertz CT molecular complexity index is 558. The zero-order chi connectivity index (χ0) is 14.9. The van der Waals surface area contributed by atoms with Gasteiger partial charge in [-0.05, 0) is 12.0 Å². The van der Waals surface area contributed by atoms with Gasteiger partial charge in [-0.25, -0.2) is 4.98 Å². The molecule has 2 heterocycles. The highest BCUT2D eigenvalue weighted by Gasteiger charge is 2.38. The lowest BCUT2D eigenvalue weighted by Crippen LogP contribution is -2.09. The van der Waals surface area contributed by atoms with Crippen LogP contribution in [0.25, 0.3) is 0 Å². The number of nitrogens with one attached hydrogen (secondary N) is 1. The lowest BCUT2D eigenvalue weighted by Gasteiger charge is -2.07. The molecule has 0 saturated heterocycles.